The highest BCUT2D eigenvalue weighted by molar-refractivity contribution is 7.89. The minimum atomic E-state index is -3.47. The molecule has 2 atom stereocenters. The molecule has 28 heavy (non-hydrogen) atoms. The van der Waals surface area contributed by atoms with Crippen LogP contribution < -0.4 is 15.4 Å². The van der Waals surface area contributed by atoms with Gasteiger partial charge in [0.1, 0.15) is 5.69 Å². The number of nitrogens with zero attached hydrogens (tertiary/aromatic N) is 2. The van der Waals surface area contributed by atoms with E-state index >= 15 is 0 Å². The molecule has 1 saturated heterocycles. The van der Waals surface area contributed by atoms with E-state index in [1.165, 1.54) is 19.2 Å². The third kappa shape index (κ3) is 5.11. The summed E-state index contributed by atoms with van der Waals surface area (Å²) in [6, 6.07) is 8.16. The summed E-state index contributed by atoms with van der Waals surface area (Å²) in [6.45, 7) is 3.74. The Hall–Kier alpha value is -1.94. The number of rotatable bonds is 6. The third-order valence-electron chi connectivity index (χ3n) is 4.79. The molecule has 3 rings (SSSR count). The van der Waals surface area contributed by atoms with Gasteiger partial charge in [0.25, 0.3) is 5.91 Å². The number of halogens is 1. The van der Waals surface area contributed by atoms with Gasteiger partial charge in [-0.3, -0.25) is 9.48 Å². The summed E-state index contributed by atoms with van der Waals surface area (Å²) < 4.78 is 27.7. The van der Waals surface area contributed by atoms with Crippen molar-refractivity contribution in [1.29, 1.82) is 0 Å². The molecule has 154 valence electrons. The van der Waals surface area contributed by atoms with Gasteiger partial charge in [0.15, 0.2) is 0 Å². The van der Waals surface area contributed by atoms with Crippen molar-refractivity contribution in [2.24, 2.45) is 0 Å². The Morgan fingerprint density at radius 3 is 2.61 bits per heavy atom. The first-order valence-electron chi connectivity index (χ1n) is 9.01. The third-order valence-corrected chi connectivity index (χ3v) is 6.22. The van der Waals surface area contributed by atoms with E-state index in [-0.39, 0.29) is 35.3 Å². The summed E-state index contributed by atoms with van der Waals surface area (Å²) in [5.41, 5.74) is 1.19. The van der Waals surface area contributed by atoms with Crippen molar-refractivity contribution in [2.75, 3.05) is 20.1 Å². The van der Waals surface area contributed by atoms with Gasteiger partial charge < -0.3 is 10.6 Å². The van der Waals surface area contributed by atoms with Gasteiger partial charge in [-0.2, -0.15) is 5.10 Å². The van der Waals surface area contributed by atoms with Crippen LogP contribution in [0, 0.1) is 0 Å². The van der Waals surface area contributed by atoms with Crippen LogP contribution in [0.4, 0.5) is 0 Å². The molecule has 0 bridgehead atoms. The normalized spacial score (nSPS) is 18.1. The predicted octanol–water partition coefficient (Wildman–Crippen LogP) is 1.63. The molecule has 0 spiro atoms. The van der Waals surface area contributed by atoms with Gasteiger partial charge in [-0.05, 0) is 57.1 Å². The minimum absolute atomic E-state index is 0. The van der Waals surface area contributed by atoms with Crippen LogP contribution in [0.25, 0.3) is 0 Å². The van der Waals surface area contributed by atoms with E-state index in [1.54, 1.807) is 18.2 Å². The maximum absolute atomic E-state index is 12.5. The first kappa shape index (κ1) is 22.4. The van der Waals surface area contributed by atoms with Crippen LogP contribution in [0.15, 0.2) is 41.4 Å². The standard InChI is InChI=1S/C18H25N5O3S.ClH/c1-13(14-5-7-16(8-6-14)27(25,26)19-2)21-18(24)17-9-11-23(22-17)15-4-3-10-20-12-15;/h5-9,11,13,15,19-20H,3-4,10,12H2,1-2H3,(H,21,24);1H. The molecule has 0 radical (unpaired) electrons. The molecule has 1 amide bonds. The van der Waals surface area contributed by atoms with E-state index in [0.29, 0.717) is 5.69 Å². The summed E-state index contributed by atoms with van der Waals surface area (Å²) in [7, 11) is -2.10. The minimum Gasteiger partial charge on any atom is -0.344 e. The molecule has 10 heteroatoms. The molecule has 3 N–H and O–H groups in total. The molecule has 1 aromatic carbocycles. The van der Waals surface area contributed by atoms with E-state index in [1.807, 2.05) is 17.8 Å². The fourth-order valence-electron chi connectivity index (χ4n) is 3.13. The molecule has 1 aliphatic rings. The molecule has 1 aromatic heterocycles. The van der Waals surface area contributed by atoms with Gasteiger partial charge in [0.05, 0.1) is 17.0 Å². The fourth-order valence-corrected chi connectivity index (χ4v) is 3.86. The summed E-state index contributed by atoms with van der Waals surface area (Å²) >= 11 is 0. The molecule has 2 aromatic rings. The predicted molar refractivity (Wildman–Crippen MR) is 109 cm³/mol. The summed E-state index contributed by atoms with van der Waals surface area (Å²) in [5.74, 6) is -0.253. The summed E-state index contributed by atoms with van der Waals surface area (Å²) in [4.78, 5) is 12.7. The largest absolute Gasteiger partial charge is 0.344 e. The molecule has 0 saturated carbocycles. The topological polar surface area (TPSA) is 105 Å². The zero-order valence-electron chi connectivity index (χ0n) is 15.9. The quantitative estimate of drug-likeness (QED) is 0.649. The summed E-state index contributed by atoms with van der Waals surface area (Å²) in [5, 5.41) is 10.7. The van der Waals surface area contributed by atoms with Crippen molar-refractivity contribution in [3.8, 4) is 0 Å². The number of sulfonamides is 1. The number of aromatic nitrogens is 2. The lowest BCUT2D eigenvalue weighted by atomic mass is 10.1. The van der Waals surface area contributed by atoms with Crippen molar-refractivity contribution in [2.45, 2.75) is 36.7 Å². The van der Waals surface area contributed by atoms with Crippen LogP contribution in [-0.4, -0.2) is 44.2 Å². The van der Waals surface area contributed by atoms with Crippen LogP contribution in [0.1, 0.15) is 47.9 Å². The lowest BCUT2D eigenvalue weighted by Gasteiger charge is -2.22. The van der Waals surface area contributed by atoms with Crippen molar-refractivity contribution >= 4 is 28.3 Å². The number of hydrogen-bond acceptors (Lipinski definition) is 5. The Labute approximate surface area is 171 Å². The van der Waals surface area contributed by atoms with Gasteiger partial charge in [-0.1, -0.05) is 12.1 Å². The number of benzene rings is 1. The molecule has 2 unspecified atom stereocenters. The average molecular weight is 428 g/mol. The number of hydrogen-bond donors (Lipinski definition) is 3. The number of nitrogens with one attached hydrogen (secondary N) is 3. The Bertz CT molecular complexity index is 892. The van der Waals surface area contributed by atoms with Gasteiger partial charge in [0.2, 0.25) is 10.0 Å². The maximum Gasteiger partial charge on any atom is 0.272 e. The highest BCUT2D eigenvalue weighted by Crippen LogP contribution is 2.18. The first-order valence-corrected chi connectivity index (χ1v) is 10.5. The van der Waals surface area contributed by atoms with Gasteiger partial charge in [0, 0.05) is 12.7 Å². The number of amides is 1. The molecular weight excluding hydrogens is 402 g/mol. The van der Waals surface area contributed by atoms with Crippen LogP contribution in [-0.2, 0) is 10.0 Å². The zero-order chi connectivity index (χ0) is 19.4. The molecule has 1 fully saturated rings. The van der Waals surface area contributed by atoms with E-state index in [0.717, 1.165) is 31.5 Å². The van der Waals surface area contributed by atoms with E-state index in [9.17, 15) is 13.2 Å². The SMILES string of the molecule is CNS(=O)(=O)c1ccc(C(C)NC(=O)c2ccn(C3CCCNC3)n2)cc1.Cl. The molecule has 2 heterocycles. The summed E-state index contributed by atoms with van der Waals surface area (Å²) in [6.07, 6.45) is 3.99. The van der Waals surface area contributed by atoms with Crippen LogP contribution in [0.5, 0.6) is 0 Å². The number of carbonyl (C=O) groups excluding carboxylic acids is 1. The number of carbonyl (C=O) groups is 1. The van der Waals surface area contributed by atoms with Gasteiger partial charge >= 0.3 is 0 Å². The highest BCUT2D eigenvalue weighted by atomic mass is 35.5. The van der Waals surface area contributed by atoms with Crippen molar-refractivity contribution in [1.82, 2.24) is 25.1 Å². The highest BCUT2D eigenvalue weighted by Gasteiger charge is 2.19. The Morgan fingerprint density at radius 1 is 1.29 bits per heavy atom. The second-order valence-corrected chi connectivity index (χ2v) is 8.54. The molecular formula is C18H26ClN5O3S. The van der Waals surface area contributed by atoms with Gasteiger partial charge in [-0.15, -0.1) is 12.4 Å². The maximum atomic E-state index is 12.5. The van der Waals surface area contributed by atoms with Crippen molar-refractivity contribution < 1.29 is 13.2 Å². The van der Waals surface area contributed by atoms with E-state index < -0.39 is 10.0 Å². The molecule has 8 nitrogen and oxygen atoms in total. The average Bonchev–Trinajstić information content (AvgIpc) is 3.19. The second kappa shape index (κ2) is 9.51. The van der Waals surface area contributed by atoms with Gasteiger partial charge in [-0.25, -0.2) is 13.1 Å². The zero-order valence-corrected chi connectivity index (χ0v) is 17.5. The van der Waals surface area contributed by atoms with E-state index in [4.69, 9.17) is 0 Å². The van der Waals surface area contributed by atoms with Crippen LogP contribution in [0.2, 0.25) is 0 Å². The smallest absolute Gasteiger partial charge is 0.272 e. The van der Waals surface area contributed by atoms with Crippen LogP contribution in [0.3, 0.4) is 0 Å². The van der Waals surface area contributed by atoms with Crippen LogP contribution >= 0.6 is 12.4 Å². The monoisotopic (exact) mass is 427 g/mol. The molecule has 0 aliphatic carbocycles. The Kier molecular flexibility index (Phi) is 7.59. The lowest BCUT2D eigenvalue weighted by Crippen LogP contribution is -2.32. The fraction of sp³-hybridized carbons (Fsp3) is 0.444. The van der Waals surface area contributed by atoms with E-state index in [2.05, 4.69) is 20.5 Å². The second-order valence-electron chi connectivity index (χ2n) is 6.65. The number of piperidine rings is 1. The lowest BCUT2D eigenvalue weighted by molar-refractivity contribution is 0.0933. The van der Waals surface area contributed by atoms with Crippen molar-refractivity contribution in [3.05, 3.63) is 47.8 Å². The Balaban J connectivity index is 0.00000280. The van der Waals surface area contributed by atoms with Crippen molar-refractivity contribution in [3.63, 3.8) is 0 Å². The first-order chi connectivity index (χ1) is 12.9. The Morgan fingerprint density at radius 2 is 2.00 bits per heavy atom. The molecule has 1 aliphatic heterocycles.